The Balaban J connectivity index is 1.91. The predicted molar refractivity (Wildman–Crippen MR) is 84.9 cm³/mol. The van der Waals surface area contributed by atoms with Gasteiger partial charge in [-0.25, -0.2) is 0 Å². The summed E-state index contributed by atoms with van der Waals surface area (Å²) in [6.07, 6.45) is 2.13. The molecule has 4 rings (SSSR count). The van der Waals surface area contributed by atoms with Crippen molar-refractivity contribution < 1.29 is 19.7 Å². The van der Waals surface area contributed by atoms with Gasteiger partial charge in [-0.3, -0.25) is 9.69 Å². The first-order valence-corrected chi connectivity index (χ1v) is 8.26. The molecule has 2 fully saturated rings. The van der Waals surface area contributed by atoms with Crippen LogP contribution < -0.4 is 4.74 Å². The molecule has 2 aliphatic carbocycles. The Kier molecular flexibility index (Phi) is 2.92. The smallest absolute Gasteiger partial charge is 0.161 e. The molecule has 3 aliphatic rings. The summed E-state index contributed by atoms with van der Waals surface area (Å²) < 4.78 is 5.26. The van der Waals surface area contributed by atoms with Crippen LogP contribution in [0, 0.1) is 0 Å². The first-order chi connectivity index (χ1) is 10.9. The zero-order chi connectivity index (χ0) is 16.6. The van der Waals surface area contributed by atoms with Gasteiger partial charge in [0.15, 0.2) is 11.5 Å². The van der Waals surface area contributed by atoms with E-state index < -0.39 is 11.0 Å². The van der Waals surface area contributed by atoms with Crippen molar-refractivity contribution in [3.05, 3.63) is 23.3 Å². The Bertz CT molecular complexity index is 703. The molecule has 1 saturated heterocycles. The van der Waals surface area contributed by atoms with Crippen molar-refractivity contribution >= 4 is 5.78 Å². The van der Waals surface area contributed by atoms with E-state index in [-0.39, 0.29) is 30.0 Å². The zero-order valence-corrected chi connectivity index (χ0v) is 13.8. The quantitative estimate of drug-likeness (QED) is 0.878. The first kappa shape index (κ1) is 15.0. The number of likely N-dealkylation sites (N-methyl/N-ethyl adjacent to an activating group) is 1. The van der Waals surface area contributed by atoms with Crippen LogP contribution in [-0.2, 0) is 16.6 Å². The molecule has 0 aromatic heterocycles. The van der Waals surface area contributed by atoms with Crippen LogP contribution in [0.15, 0.2) is 12.1 Å². The van der Waals surface area contributed by atoms with E-state index in [9.17, 15) is 15.0 Å². The van der Waals surface area contributed by atoms with Crippen LogP contribution >= 0.6 is 0 Å². The largest absolute Gasteiger partial charge is 0.504 e. The number of hydrogen-bond acceptors (Lipinski definition) is 5. The summed E-state index contributed by atoms with van der Waals surface area (Å²) in [5, 5.41) is 22.1. The number of fused-ring (bicyclic) bond motifs is 2. The Morgan fingerprint density at radius 1 is 1.43 bits per heavy atom. The molecule has 5 heteroatoms. The number of methoxy groups -OCH3 is 1. The number of ketones is 1. The lowest BCUT2D eigenvalue weighted by molar-refractivity contribution is -0.306. The molecule has 4 unspecified atom stereocenters. The normalized spacial score (nSPS) is 37.2. The predicted octanol–water partition coefficient (Wildman–Crippen LogP) is 1.38. The third-order valence-electron chi connectivity index (χ3n) is 6.54. The van der Waals surface area contributed by atoms with E-state index in [1.807, 2.05) is 20.0 Å². The molecule has 1 aromatic rings. The molecule has 4 atom stereocenters. The molecule has 5 nitrogen and oxygen atoms in total. The highest BCUT2D eigenvalue weighted by molar-refractivity contribution is 5.82. The fourth-order valence-corrected chi connectivity index (χ4v) is 5.33. The third kappa shape index (κ3) is 1.48. The van der Waals surface area contributed by atoms with E-state index in [1.54, 1.807) is 6.07 Å². The van der Waals surface area contributed by atoms with Crippen LogP contribution in [0.2, 0.25) is 0 Å². The minimum atomic E-state index is -0.913. The van der Waals surface area contributed by atoms with Crippen LogP contribution in [0.4, 0.5) is 0 Å². The number of piperidine rings is 1. The first-order valence-electron chi connectivity index (χ1n) is 8.26. The maximum absolute atomic E-state index is 12.2. The van der Waals surface area contributed by atoms with Crippen molar-refractivity contribution in [3.8, 4) is 11.5 Å². The Morgan fingerprint density at radius 3 is 2.83 bits per heavy atom. The Hall–Kier alpha value is -1.59. The standard InChI is InChI=1S/C18H23NO4/c1-4-11(20)8-17-9-14-18(17,22)13(19(14)2)7-10-5-6-12(23-3)16(21)15(10)17/h5-6,13-14,21-22H,4,7-9H2,1-3H3. The van der Waals surface area contributed by atoms with Gasteiger partial charge in [0.1, 0.15) is 11.4 Å². The average molecular weight is 317 g/mol. The van der Waals surface area contributed by atoms with E-state index >= 15 is 0 Å². The molecule has 0 bridgehead atoms. The van der Waals surface area contributed by atoms with E-state index in [0.717, 1.165) is 11.1 Å². The van der Waals surface area contributed by atoms with Crippen molar-refractivity contribution in [1.29, 1.82) is 0 Å². The molecule has 0 amide bonds. The summed E-state index contributed by atoms with van der Waals surface area (Å²) in [7, 11) is 3.55. The molecule has 124 valence electrons. The summed E-state index contributed by atoms with van der Waals surface area (Å²) in [4.78, 5) is 14.5. The summed E-state index contributed by atoms with van der Waals surface area (Å²) in [6.45, 7) is 1.85. The number of rotatable bonds is 4. The zero-order valence-electron chi connectivity index (χ0n) is 13.8. The SMILES string of the molecule is CCC(=O)CC12CC3N(C)C(Cc4ccc(OC)c(O)c41)C32O. The molecule has 0 radical (unpaired) electrons. The molecule has 1 aliphatic heterocycles. The number of hydrogen-bond donors (Lipinski definition) is 2. The van der Waals surface area contributed by atoms with Gasteiger partial charge in [-0.05, 0) is 31.5 Å². The number of carbonyl (C=O) groups excluding carboxylic acids is 1. The number of phenolic OH excluding ortho intramolecular Hbond substituents is 1. The van der Waals surface area contributed by atoms with E-state index in [4.69, 9.17) is 4.74 Å². The second-order valence-corrected chi connectivity index (χ2v) is 7.23. The number of carbonyl (C=O) groups is 1. The number of aromatic hydroxyl groups is 1. The molecule has 1 heterocycles. The van der Waals surface area contributed by atoms with Crippen LogP contribution in [-0.4, -0.2) is 52.7 Å². The molecule has 1 saturated carbocycles. The topological polar surface area (TPSA) is 70.0 Å². The fraction of sp³-hybridized carbons (Fsp3) is 0.611. The highest BCUT2D eigenvalue weighted by Crippen LogP contribution is 2.69. The van der Waals surface area contributed by atoms with E-state index in [1.165, 1.54) is 7.11 Å². The maximum atomic E-state index is 12.2. The number of likely N-dealkylation sites (tertiary alicyclic amines) is 1. The van der Waals surface area contributed by atoms with E-state index in [0.29, 0.717) is 25.0 Å². The summed E-state index contributed by atoms with van der Waals surface area (Å²) in [6, 6.07) is 3.83. The van der Waals surface area contributed by atoms with Gasteiger partial charge < -0.3 is 14.9 Å². The van der Waals surface area contributed by atoms with Gasteiger partial charge in [0, 0.05) is 35.9 Å². The molecular formula is C18H23NO4. The second-order valence-electron chi connectivity index (χ2n) is 7.23. The monoisotopic (exact) mass is 317 g/mol. The lowest BCUT2D eigenvalue weighted by Crippen LogP contribution is -2.92. The van der Waals surface area contributed by atoms with Crippen molar-refractivity contribution in [2.24, 2.45) is 0 Å². The van der Waals surface area contributed by atoms with Crippen LogP contribution in [0.25, 0.3) is 0 Å². The number of aliphatic hydroxyl groups is 1. The van der Waals surface area contributed by atoms with Gasteiger partial charge >= 0.3 is 0 Å². The second kappa shape index (κ2) is 4.48. The van der Waals surface area contributed by atoms with Crippen molar-refractivity contribution in [1.82, 2.24) is 4.90 Å². The summed E-state index contributed by atoms with van der Waals surface area (Å²) in [5.41, 5.74) is 0.172. The number of ether oxygens (including phenoxy) is 1. The maximum Gasteiger partial charge on any atom is 0.161 e. The molecule has 23 heavy (non-hydrogen) atoms. The van der Waals surface area contributed by atoms with E-state index in [2.05, 4.69) is 4.90 Å². The van der Waals surface area contributed by atoms with Crippen molar-refractivity contribution in [2.75, 3.05) is 14.2 Å². The molecular weight excluding hydrogens is 294 g/mol. The number of benzene rings is 1. The Labute approximate surface area is 135 Å². The number of phenols is 1. The minimum Gasteiger partial charge on any atom is -0.504 e. The molecule has 0 spiro atoms. The minimum absolute atomic E-state index is 0.0196. The van der Waals surface area contributed by atoms with Crippen LogP contribution in [0.3, 0.4) is 0 Å². The van der Waals surface area contributed by atoms with Crippen molar-refractivity contribution in [2.45, 2.75) is 55.7 Å². The van der Waals surface area contributed by atoms with Gasteiger partial charge in [0.25, 0.3) is 0 Å². The molecule has 2 N–H and O–H groups in total. The third-order valence-corrected chi connectivity index (χ3v) is 6.54. The fourth-order valence-electron chi connectivity index (χ4n) is 5.33. The Morgan fingerprint density at radius 2 is 2.17 bits per heavy atom. The lowest BCUT2D eigenvalue weighted by Gasteiger charge is -2.78. The van der Waals surface area contributed by atoms with Gasteiger partial charge in [0.05, 0.1) is 7.11 Å². The highest BCUT2D eigenvalue weighted by Gasteiger charge is 2.79. The van der Waals surface area contributed by atoms with Crippen LogP contribution in [0.1, 0.15) is 37.3 Å². The summed E-state index contributed by atoms with van der Waals surface area (Å²) >= 11 is 0. The van der Waals surface area contributed by atoms with Crippen molar-refractivity contribution in [3.63, 3.8) is 0 Å². The van der Waals surface area contributed by atoms with Gasteiger partial charge in [-0.15, -0.1) is 0 Å². The number of Topliss-reactive ketones (excluding diaryl/α,β-unsaturated/α-hetero) is 1. The summed E-state index contributed by atoms with van der Waals surface area (Å²) in [5.74, 6) is 0.624. The van der Waals surface area contributed by atoms with Gasteiger partial charge in [-0.1, -0.05) is 13.0 Å². The van der Waals surface area contributed by atoms with Gasteiger partial charge in [-0.2, -0.15) is 0 Å². The lowest BCUT2D eigenvalue weighted by atomic mass is 9.38. The van der Waals surface area contributed by atoms with Gasteiger partial charge in [0.2, 0.25) is 0 Å². The number of nitrogens with zero attached hydrogens (tertiary/aromatic N) is 1. The molecule has 1 aromatic carbocycles. The highest BCUT2D eigenvalue weighted by atomic mass is 16.5. The van der Waals surface area contributed by atoms with Crippen LogP contribution in [0.5, 0.6) is 11.5 Å². The average Bonchev–Trinajstić information content (AvgIpc) is 2.54.